The summed E-state index contributed by atoms with van der Waals surface area (Å²) in [6.07, 6.45) is 9.87. The number of aliphatic imine (C=N–C) groups is 1. The molecule has 6 heteroatoms. The van der Waals surface area contributed by atoms with Crippen molar-refractivity contribution in [2.75, 3.05) is 7.05 Å². The molecule has 1 atom stereocenters. The molecule has 0 radical (unpaired) electrons. The molecule has 0 aromatic heterocycles. The summed E-state index contributed by atoms with van der Waals surface area (Å²) in [7, 11) is 1.89. The molecule has 1 heterocycles. The van der Waals surface area contributed by atoms with Gasteiger partial charge in [-0.3, -0.25) is 0 Å². The van der Waals surface area contributed by atoms with E-state index >= 15 is 0 Å². The third kappa shape index (κ3) is 6.08. The zero-order valence-corrected chi connectivity index (χ0v) is 15.5. The van der Waals surface area contributed by atoms with Crippen molar-refractivity contribution in [1.82, 2.24) is 10.2 Å². The Balaban J connectivity index is 2.91. The molecule has 0 saturated heterocycles. The van der Waals surface area contributed by atoms with Gasteiger partial charge in [-0.25, -0.2) is 4.99 Å². The van der Waals surface area contributed by atoms with Crippen LogP contribution in [0, 0.1) is 5.41 Å². The summed E-state index contributed by atoms with van der Waals surface area (Å²) < 4.78 is 0. The normalized spacial score (nSPS) is 21.2. The summed E-state index contributed by atoms with van der Waals surface area (Å²) >= 11 is 6.17. The second-order valence-electron chi connectivity index (χ2n) is 5.64. The lowest BCUT2D eigenvalue weighted by Gasteiger charge is -2.18. The molecule has 1 unspecified atom stereocenters. The van der Waals surface area contributed by atoms with Gasteiger partial charge in [-0.2, -0.15) is 0 Å². The number of nitrogens with two attached hydrogens (primary N) is 1. The van der Waals surface area contributed by atoms with Crippen molar-refractivity contribution in [3.8, 4) is 0 Å². The Morgan fingerprint density at radius 1 is 1.58 bits per heavy atom. The third-order valence-corrected chi connectivity index (χ3v) is 3.84. The second-order valence-corrected chi connectivity index (χ2v) is 6.04. The fraction of sp³-hybridized carbons (Fsp3) is 0.333. The molecule has 1 aliphatic heterocycles. The number of amidine groups is 1. The number of hydrogen-bond donors (Lipinski definition) is 3. The molecule has 0 fully saturated rings. The first kappa shape index (κ1) is 19.8. The van der Waals surface area contributed by atoms with Gasteiger partial charge in [0.1, 0.15) is 5.84 Å². The molecular formula is C18H26ClN5. The quantitative estimate of drug-likeness (QED) is 0.507. The summed E-state index contributed by atoms with van der Waals surface area (Å²) in [4.78, 5) is 6.13. The van der Waals surface area contributed by atoms with E-state index in [-0.39, 0.29) is 6.04 Å². The summed E-state index contributed by atoms with van der Waals surface area (Å²) in [5.41, 5.74) is 8.96. The maximum Gasteiger partial charge on any atom is 0.121 e. The number of hydrogen-bond acceptors (Lipinski definition) is 4. The Kier molecular flexibility index (Phi) is 7.52. The Morgan fingerprint density at radius 2 is 2.25 bits per heavy atom. The fourth-order valence-electron chi connectivity index (χ4n) is 1.94. The maximum atomic E-state index is 7.67. The zero-order valence-electron chi connectivity index (χ0n) is 14.7. The van der Waals surface area contributed by atoms with E-state index in [1.54, 1.807) is 19.3 Å². The van der Waals surface area contributed by atoms with E-state index in [4.69, 9.17) is 22.7 Å². The lowest BCUT2D eigenvalue weighted by atomic mass is 10.1. The van der Waals surface area contributed by atoms with Crippen molar-refractivity contribution < 1.29 is 0 Å². The molecule has 0 saturated carbocycles. The van der Waals surface area contributed by atoms with E-state index < -0.39 is 0 Å². The summed E-state index contributed by atoms with van der Waals surface area (Å²) in [6, 6.07) is -0.179. The van der Waals surface area contributed by atoms with Crippen LogP contribution in [0.1, 0.15) is 27.2 Å². The number of rotatable bonds is 6. The summed E-state index contributed by atoms with van der Waals surface area (Å²) in [6.45, 7) is 9.60. The average molecular weight is 348 g/mol. The van der Waals surface area contributed by atoms with Gasteiger partial charge in [0.05, 0.1) is 11.1 Å². The van der Waals surface area contributed by atoms with Gasteiger partial charge in [0.2, 0.25) is 0 Å². The highest BCUT2D eigenvalue weighted by atomic mass is 35.5. The SMILES string of the molecule is C=C1/C=C(NC(C)C(N)=N/C=C(/CC)C(C)=N)\C=C/N(C)C=C1Cl. The van der Waals surface area contributed by atoms with Crippen LogP contribution < -0.4 is 11.1 Å². The van der Waals surface area contributed by atoms with Crippen LogP contribution in [0.4, 0.5) is 0 Å². The average Bonchev–Trinajstić information content (AvgIpc) is 2.51. The van der Waals surface area contributed by atoms with Crippen molar-refractivity contribution in [2.24, 2.45) is 10.7 Å². The van der Waals surface area contributed by atoms with E-state index in [1.807, 2.05) is 44.1 Å². The van der Waals surface area contributed by atoms with Crippen LogP contribution in [0.5, 0.6) is 0 Å². The van der Waals surface area contributed by atoms with E-state index in [9.17, 15) is 0 Å². The van der Waals surface area contributed by atoms with Crippen LogP contribution in [0.15, 0.2) is 64.2 Å². The minimum absolute atomic E-state index is 0.179. The van der Waals surface area contributed by atoms with Gasteiger partial charge < -0.3 is 21.4 Å². The largest absolute Gasteiger partial charge is 0.385 e. The number of allylic oxidation sites excluding steroid dienone is 5. The van der Waals surface area contributed by atoms with Crippen molar-refractivity contribution in [3.63, 3.8) is 0 Å². The van der Waals surface area contributed by atoms with Gasteiger partial charge in [0.15, 0.2) is 0 Å². The molecule has 1 rings (SSSR count). The highest BCUT2D eigenvalue weighted by Gasteiger charge is 2.09. The van der Waals surface area contributed by atoms with Gasteiger partial charge in [-0.15, -0.1) is 0 Å². The smallest absolute Gasteiger partial charge is 0.121 e. The minimum Gasteiger partial charge on any atom is -0.385 e. The fourth-order valence-corrected chi connectivity index (χ4v) is 2.15. The molecule has 5 nitrogen and oxygen atoms in total. The Hall–Kier alpha value is -2.27. The highest BCUT2D eigenvalue weighted by Crippen LogP contribution is 2.18. The monoisotopic (exact) mass is 347 g/mol. The standard InChI is InChI=1S/C18H26ClN5/c1-6-15(13(3)20)10-22-18(21)14(4)23-16-7-8-24(5)11-17(19)12(2)9-16/h7-11,14,20,23H,2,6H2,1,3-5H3,(H2,21,22)/b8-7-,15-10-,16-9+,17-11?,20-13?. The Morgan fingerprint density at radius 3 is 2.83 bits per heavy atom. The van der Waals surface area contributed by atoms with Crippen molar-refractivity contribution >= 4 is 23.1 Å². The van der Waals surface area contributed by atoms with Crippen LogP contribution >= 0.6 is 11.6 Å². The lowest BCUT2D eigenvalue weighted by Crippen LogP contribution is -2.38. The first-order valence-electron chi connectivity index (χ1n) is 7.77. The topological polar surface area (TPSA) is 77.5 Å². The predicted molar refractivity (Wildman–Crippen MR) is 104 cm³/mol. The first-order valence-corrected chi connectivity index (χ1v) is 8.15. The zero-order chi connectivity index (χ0) is 18.3. The van der Waals surface area contributed by atoms with E-state index in [0.717, 1.165) is 17.7 Å². The van der Waals surface area contributed by atoms with Gasteiger partial charge in [-0.05, 0) is 43.6 Å². The van der Waals surface area contributed by atoms with Crippen LogP contribution in [0.2, 0.25) is 0 Å². The van der Waals surface area contributed by atoms with E-state index in [2.05, 4.69) is 16.9 Å². The molecule has 4 N–H and O–H groups in total. The van der Waals surface area contributed by atoms with Gasteiger partial charge in [-0.1, -0.05) is 25.1 Å². The number of nitrogens with zero attached hydrogens (tertiary/aromatic N) is 2. The molecule has 1 aliphatic rings. The number of nitrogens with one attached hydrogen (secondary N) is 2. The van der Waals surface area contributed by atoms with E-state index in [0.29, 0.717) is 22.2 Å². The Bertz CT molecular complexity index is 652. The maximum absolute atomic E-state index is 7.67. The van der Waals surface area contributed by atoms with Crippen molar-refractivity contribution in [2.45, 2.75) is 33.2 Å². The Labute approximate surface area is 149 Å². The van der Waals surface area contributed by atoms with Crippen molar-refractivity contribution in [1.29, 1.82) is 5.41 Å². The van der Waals surface area contributed by atoms with Gasteiger partial charge in [0, 0.05) is 37.1 Å². The summed E-state index contributed by atoms with van der Waals surface area (Å²) in [5, 5.41) is 11.5. The molecule has 0 bridgehead atoms. The first-order chi connectivity index (χ1) is 11.2. The van der Waals surface area contributed by atoms with Crippen molar-refractivity contribution in [3.05, 3.63) is 59.2 Å². The van der Waals surface area contributed by atoms with Gasteiger partial charge in [0.25, 0.3) is 0 Å². The van der Waals surface area contributed by atoms with Crippen LogP contribution in [0.3, 0.4) is 0 Å². The molecule has 24 heavy (non-hydrogen) atoms. The molecule has 0 aromatic rings. The molecule has 0 aliphatic carbocycles. The molecular weight excluding hydrogens is 322 g/mol. The lowest BCUT2D eigenvalue weighted by molar-refractivity contribution is 0.620. The van der Waals surface area contributed by atoms with Crippen LogP contribution in [-0.2, 0) is 0 Å². The van der Waals surface area contributed by atoms with E-state index in [1.165, 1.54) is 0 Å². The molecule has 0 aromatic carbocycles. The highest BCUT2D eigenvalue weighted by molar-refractivity contribution is 6.32. The molecule has 130 valence electrons. The molecule has 0 spiro atoms. The minimum atomic E-state index is -0.179. The van der Waals surface area contributed by atoms with Crippen LogP contribution in [0.25, 0.3) is 0 Å². The van der Waals surface area contributed by atoms with Crippen LogP contribution in [-0.4, -0.2) is 29.5 Å². The van der Waals surface area contributed by atoms with Gasteiger partial charge >= 0.3 is 0 Å². The predicted octanol–water partition coefficient (Wildman–Crippen LogP) is 3.63. The summed E-state index contributed by atoms with van der Waals surface area (Å²) in [5.74, 6) is 0.444. The third-order valence-electron chi connectivity index (χ3n) is 3.50. The molecule has 0 amide bonds. The number of halogens is 1. The second kappa shape index (κ2) is 9.13.